The van der Waals surface area contributed by atoms with Crippen molar-refractivity contribution in [1.29, 1.82) is 0 Å². The number of rotatable bonds is 4. The molecule has 2 heteroatoms. The van der Waals surface area contributed by atoms with Crippen molar-refractivity contribution in [3.05, 3.63) is 72.3 Å². The fraction of sp³-hybridized carbons (Fsp3) is 0.158. The largest absolute Gasteiger partial charge is 0.328 e. The van der Waals surface area contributed by atoms with Crippen molar-refractivity contribution in [3.8, 4) is 0 Å². The molecule has 0 heterocycles. The van der Waals surface area contributed by atoms with E-state index in [4.69, 9.17) is 5.73 Å². The van der Waals surface area contributed by atoms with Crippen LogP contribution in [0.15, 0.2) is 76.5 Å². The molecule has 0 fully saturated rings. The maximum atomic E-state index is 5.95. The van der Waals surface area contributed by atoms with Gasteiger partial charge in [-0.25, -0.2) is 0 Å². The van der Waals surface area contributed by atoms with Crippen molar-refractivity contribution in [3.63, 3.8) is 0 Å². The van der Waals surface area contributed by atoms with E-state index in [2.05, 4.69) is 73.7 Å². The molecule has 1 nitrogen and oxygen atoms in total. The lowest BCUT2D eigenvalue weighted by Gasteiger charge is -2.11. The molecule has 0 amide bonds. The van der Waals surface area contributed by atoms with Crippen molar-refractivity contribution in [2.45, 2.75) is 29.2 Å². The predicted octanol–water partition coefficient (Wildman–Crippen LogP) is 4.88. The Labute approximate surface area is 130 Å². The first-order chi connectivity index (χ1) is 10.2. The highest BCUT2D eigenvalue weighted by Gasteiger charge is 2.06. The van der Waals surface area contributed by atoms with Gasteiger partial charge in [0.1, 0.15) is 0 Å². The van der Waals surface area contributed by atoms with Crippen molar-refractivity contribution in [2.75, 3.05) is 0 Å². The van der Waals surface area contributed by atoms with Gasteiger partial charge < -0.3 is 5.73 Å². The minimum atomic E-state index is 0.184. The molecule has 0 spiro atoms. The van der Waals surface area contributed by atoms with Gasteiger partial charge in [0.05, 0.1) is 0 Å². The Morgan fingerprint density at radius 2 is 1.62 bits per heavy atom. The molecule has 0 aliphatic carbocycles. The van der Waals surface area contributed by atoms with Gasteiger partial charge in [-0.2, -0.15) is 0 Å². The Hall–Kier alpha value is -1.77. The lowest BCUT2D eigenvalue weighted by Crippen LogP contribution is -2.18. The molecule has 1 atom stereocenters. The van der Waals surface area contributed by atoms with Crippen LogP contribution >= 0.6 is 11.8 Å². The molecule has 0 saturated heterocycles. The Balaban J connectivity index is 1.91. The third kappa shape index (κ3) is 3.46. The maximum Gasteiger partial charge on any atom is 0.0154 e. The highest BCUT2D eigenvalue weighted by Crippen LogP contribution is 2.32. The molecule has 3 aromatic rings. The highest BCUT2D eigenvalue weighted by atomic mass is 32.2. The van der Waals surface area contributed by atoms with Gasteiger partial charge in [-0.1, -0.05) is 60.3 Å². The molecule has 0 aliphatic rings. The quantitative estimate of drug-likeness (QED) is 0.742. The number of fused-ring (bicyclic) bond motifs is 1. The fourth-order valence-corrected chi connectivity index (χ4v) is 3.48. The van der Waals surface area contributed by atoms with Gasteiger partial charge in [-0.3, -0.25) is 0 Å². The first-order valence-corrected chi connectivity index (χ1v) is 8.04. The summed E-state index contributed by atoms with van der Waals surface area (Å²) in [5, 5.41) is 2.57. The topological polar surface area (TPSA) is 26.0 Å². The van der Waals surface area contributed by atoms with Crippen LogP contribution in [0.2, 0.25) is 0 Å². The average Bonchev–Trinajstić information content (AvgIpc) is 2.49. The molecule has 0 saturated carbocycles. The molecule has 0 aliphatic heterocycles. The summed E-state index contributed by atoms with van der Waals surface area (Å²) in [4.78, 5) is 2.57. The lowest BCUT2D eigenvalue weighted by atomic mass is 10.1. The van der Waals surface area contributed by atoms with E-state index in [0.717, 1.165) is 6.42 Å². The standard InChI is InChI=1S/C19H19NS/c1-14(20)12-17-8-4-5-9-19(17)21-18-11-10-15-6-2-3-7-16(15)13-18/h2-11,13-14H,12,20H2,1H3. The van der Waals surface area contributed by atoms with E-state index in [0.29, 0.717) is 0 Å². The van der Waals surface area contributed by atoms with E-state index < -0.39 is 0 Å². The van der Waals surface area contributed by atoms with Gasteiger partial charge in [0.25, 0.3) is 0 Å². The summed E-state index contributed by atoms with van der Waals surface area (Å²) in [6.45, 7) is 2.05. The van der Waals surface area contributed by atoms with E-state index in [9.17, 15) is 0 Å². The molecule has 1 unspecified atom stereocenters. The van der Waals surface area contributed by atoms with Crippen molar-refractivity contribution < 1.29 is 0 Å². The van der Waals surface area contributed by atoms with E-state index in [1.54, 1.807) is 0 Å². The SMILES string of the molecule is CC(N)Cc1ccccc1Sc1ccc2ccccc2c1. The van der Waals surface area contributed by atoms with Crippen LogP contribution < -0.4 is 5.73 Å². The molecule has 0 aromatic heterocycles. The first-order valence-electron chi connectivity index (χ1n) is 7.22. The normalized spacial score (nSPS) is 12.5. The van der Waals surface area contributed by atoms with Crippen LogP contribution in [0.5, 0.6) is 0 Å². The van der Waals surface area contributed by atoms with Crippen LogP contribution in [0.1, 0.15) is 12.5 Å². The van der Waals surface area contributed by atoms with Crippen LogP contribution in [0.3, 0.4) is 0 Å². The number of benzene rings is 3. The summed E-state index contributed by atoms with van der Waals surface area (Å²) >= 11 is 1.82. The van der Waals surface area contributed by atoms with Gasteiger partial charge in [-0.15, -0.1) is 0 Å². The molecule has 0 radical (unpaired) electrons. The highest BCUT2D eigenvalue weighted by molar-refractivity contribution is 7.99. The third-order valence-electron chi connectivity index (χ3n) is 3.46. The molecular weight excluding hydrogens is 274 g/mol. The van der Waals surface area contributed by atoms with Gasteiger partial charge in [0, 0.05) is 15.8 Å². The minimum absolute atomic E-state index is 0.184. The van der Waals surface area contributed by atoms with Crippen molar-refractivity contribution in [1.82, 2.24) is 0 Å². The third-order valence-corrected chi connectivity index (χ3v) is 4.57. The second kappa shape index (κ2) is 6.33. The first kappa shape index (κ1) is 14.2. The van der Waals surface area contributed by atoms with E-state index in [1.807, 2.05) is 11.8 Å². The zero-order valence-electron chi connectivity index (χ0n) is 12.1. The summed E-state index contributed by atoms with van der Waals surface area (Å²) in [5.41, 5.74) is 7.28. The van der Waals surface area contributed by atoms with E-state index >= 15 is 0 Å². The van der Waals surface area contributed by atoms with Crippen LogP contribution in [0, 0.1) is 0 Å². The van der Waals surface area contributed by atoms with Crippen molar-refractivity contribution >= 4 is 22.5 Å². The van der Waals surface area contributed by atoms with E-state index in [-0.39, 0.29) is 6.04 Å². The van der Waals surface area contributed by atoms with Gasteiger partial charge in [0.15, 0.2) is 0 Å². The lowest BCUT2D eigenvalue weighted by molar-refractivity contribution is 0.729. The fourth-order valence-electron chi connectivity index (χ4n) is 2.48. The summed E-state index contributed by atoms with van der Waals surface area (Å²) in [6, 6.07) is 23.8. The minimum Gasteiger partial charge on any atom is -0.328 e. The average molecular weight is 293 g/mol. The van der Waals surface area contributed by atoms with E-state index in [1.165, 1.54) is 26.1 Å². The molecular formula is C19H19NS. The van der Waals surface area contributed by atoms with Crippen LogP contribution in [0.4, 0.5) is 0 Å². The number of hydrogen-bond acceptors (Lipinski definition) is 2. The maximum absolute atomic E-state index is 5.95. The summed E-state index contributed by atoms with van der Waals surface area (Å²) in [5.74, 6) is 0. The van der Waals surface area contributed by atoms with Gasteiger partial charge >= 0.3 is 0 Å². The number of hydrogen-bond donors (Lipinski definition) is 1. The molecule has 0 bridgehead atoms. The molecule has 3 aromatic carbocycles. The second-order valence-corrected chi connectivity index (χ2v) is 6.52. The zero-order chi connectivity index (χ0) is 14.7. The Bertz CT molecular complexity index is 749. The van der Waals surface area contributed by atoms with Crippen LogP contribution in [0.25, 0.3) is 10.8 Å². The van der Waals surface area contributed by atoms with Gasteiger partial charge in [-0.05, 0) is 47.9 Å². The summed E-state index contributed by atoms with van der Waals surface area (Å²) in [6.07, 6.45) is 0.913. The molecule has 106 valence electrons. The predicted molar refractivity (Wildman–Crippen MR) is 91.9 cm³/mol. The summed E-state index contributed by atoms with van der Waals surface area (Å²) in [7, 11) is 0. The van der Waals surface area contributed by atoms with Crippen molar-refractivity contribution in [2.24, 2.45) is 5.73 Å². The Kier molecular flexibility index (Phi) is 4.28. The second-order valence-electron chi connectivity index (χ2n) is 5.40. The smallest absolute Gasteiger partial charge is 0.0154 e. The van der Waals surface area contributed by atoms with Gasteiger partial charge in [0.2, 0.25) is 0 Å². The Morgan fingerprint density at radius 1 is 0.905 bits per heavy atom. The molecule has 3 rings (SSSR count). The summed E-state index contributed by atoms with van der Waals surface area (Å²) < 4.78 is 0. The molecule has 2 N–H and O–H groups in total. The number of nitrogens with two attached hydrogens (primary N) is 1. The zero-order valence-corrected chi connectivity index (χ0v) is 12.9. The Morgan fingerprint density at radius 3 is 2.43 bits per heavy atom. The van der Waals surface area contributed by atoms with Crippen LogP contribution in [-0.2, 0) is 6.42 Å². The molecule has 21 heavy (non-hydrogen) atoms. The monoisotopic (exact) mass is 293 g/mol. The van der Waals surface area contributed by atoms with Crippen LogP contribution in [-0.4, -0.2) is 6.04 Å².